The maximum absolute atomic E-state index is 6.75. The number of aromatic nitrogens is 5. The van der Waals surface area contributed by atoms with Crippen LogP contribution in [-0.2, 0) is 0 Å². The van der Waals surface area contributed by atoms with Crippen LogP contribution in [0.15, 0.2) is 180 Å². The highest BCUT2D eigenvalue weighted by molar-refractivity contribution is 6.15. The van der Waals surface area contributed by atoms with Gasteiger partial charge in [0.1, 0.15) is 17.0 Å². The van der Waals surface area contributed by atoms with Gasteiger partial charge in [0.15, 0.2) is 17.5 Å². The fourth-order valence-electron chi connectivity index (χ4n) is 7.04. The summed E-state index contributed by atoms with van der Waals surface area (Å²) < 4.78 is 8.95. The quantitative estimate of drug-likeness (QED) is 0.176. The topological polar surface area (TPSA) is 69.6 Å². The van der Waals surface area contributed by atoms with Crippen LogP contribution < -0.4 is 0 Å². The molecule has 10 rings (SSSR count). The first-order chi connectivity index (χ1) is 25.8. The van der Waals surface area contributed by atoms with Gasteiger partial charge in [0, 0.05) is 33.2 Å². The first kappa shape index (κ1) is 29.7. The Labute approximate surface area is 299 Å². The number of nitrogens with zero attached hydrogens (tertiary/aromatic N) is 5. The molecule has 0 unspecified atom stereocenters. The summed E-state index contributed by atoms with van der Waals surface area (Å²) >= 11 is 0. The molecule has 0 aliphatic heterocycles. The zero-order chi connectivity index (χ0) is 34.4. The molecule has 3 heterocycles. The summed E-state index contributed by atoms with van der Waals surface area (Å²) in [7, 11) is 0. The molecule has 0 bridgehead atoms. The van der Waals surface area contributed by atoms with Crippen LogP contribution in [0.1, 0.15) is 0 Å². The summed E-state index contributed by atoms with van der Waals surface area (Å²) in [5.74, 6) is 2.60. The van der Waals surface area contributed by atoms with Crippen LogP contribution in [-0.4, -0.2) is 24.5 Å². The van der Waals surface area contributed by atoms with E-state index in [4.69, 9.17) is 24.4 Å². The third-order valence-electron chi connectivity index (χ3n) is 9.50. The predicted molar refractivity (Wildman–Crippen MR) is 209 cm³/mol. The molecule has 0 saturated heterocycles. The lowest BCUT2D eigenvalue weighted by atomic mass is 10.0. The van der Waals surface area contributed by atoms with Gasteiger partial charge in [-0.15, -0.1) is 0 Å². The molecule has 0 aliphatic rings. The van der Waals surface area contributed by atoms with Crippen molar-refractivity contribution in [2.24, 2.45) is 0 Å². The molecule has 3 aromatic heterocycles. The van der Waals surface area contributed by atoms with Crippen molar-refractivity contribution in [2.75, 3.05) is 0 Å². The molecule has 6 nitrogen and oxygen atoms in total. The van der Waals surface area contributed by atoms with Gasteiger partial charge in [0.2, 0.25) is 0 Å². The number of imidazole rings is 1. The number of fused-ring (bicyclic) bond motifs is 4. The summed E-state index contributed by atoms with van der Waals surface area (Å²) in [6.07, 6.45) is 0. The molecule has 6 heteroatoms. The molecule has 244 valence electrons. The fourth-order valence-corrected chi connectivity index (χ4v) is 7.04. The van der Waals surface area contributed by atoms with E-state index in [0.717, 1.165) is 77.9 Å². The van der Waals surface area contributed by atoms with Crippen molar-refractivity contribution in [3.8, 4) is 62.4 Å². The maximum atomic E-state index is 6.75. The third kappa shape index (κ3) is 5.05. The Hall–Kier alpha value is -7.18. The van der Waals surface area contributed by atoms with Gasteiger partial charge < -0.3 is 4.42 Å². The number of hydrogen-bond donors (Lipinski definition) is 0. The molecule has 0 radical (unpaired) electrons. The summed E-state index contributed by atoms with van der Waals surface area (Å²) in [6, 6.07) is 59.7. The van der Waals surface area contributed by atoms with E-state index in [1.807, 2.05) is 84.9 Å². The Morgan fingerprint density at radius 1 is 0.404 bits per heavy atom. The van der Waals surface area contributed by atoms with E-state index in [-0.39, 0.29) is 0 Å². The Morgan fingerprint density at radius 3 is 1.71 bits per heavy atom. The Morgan fingerprint density at radius 2 is 0.962 bits per heavy atom. The minimum absolute atomic E-state index is 0.575. The van der Waals surface area contributed by atoms with Gasteiger partial charge in [-0.05, 0) is 47.5 Å². The summed E-state index contributed by atoms with van der Waals surface area (Å²) in [5.41, 5.74) is 10.4. The number of furan rings is 1. The second kappa shape index (κ2) is 12.3. The third-order valence-corrected chi connectivity index (χ3v) is 9.50. The van der Waals surface area contributed by atoms with Crippen LogP contribution in [0.4, 0.5) is 0 Å². The van der Waals surface area contributed by atoms with E-state index >= 15 is 0 Å². The maximum Gasteiger partial charge on any atom is 0.164 e. The van der Waals surface area contributed by atoms with Crippen LogP contribution in [0.3, 0.4) is 0 Å². The summed E-state index contributed by atoms with van der Waals surface area (Å²) in [5, 5.41) is 1.91. The SMILES string of the molecule is c1ccc(-c2ccc(-c3nc(-c4ccccc4)nc(-c4cccc5oc6c(-c7nc8ccccc8n7-c7ccccc7)cccc6c45)n3)cc2)cc1. The lowest BCUT2D eigenvalue weighted by molar-refractivity contribution is 0.669. The van der Waals surface area contributed by atoms with Crippen LogP contribution in [0.25, 0.3) is 95.3 Å². The van der Waals surface area contributed by atoms with Gasteiger partial charge in [-0.2, -0.15) is 0 Å². The molecule has 0 saturated carbocycles. The second-order valence-corrected chi connectivity index (χ2v) is 12.7. The molecule has 0 spiro atoms. The van der Waals surface area contributed by atoms with Crippen LogP contribution in [0.2, 0.25) is 0 Å². The molecule has 52 heavy (non-hydrogen) atoms. The Kier molecular flexibility index (Phi) is 7.03. The Bertz CT molecular complexity index is 2880. The van der Waals surface area contributed by atoms with E-state index < -0.39 is 0 Å². The largest absolute Gasteiger partial charge is 0.455 e. The first-order valence-electron chi connectivity index (χ1n) is 17.2. The molecule has 0 N–H and O–H groups in total. The van der Waals surface area contributed by atoms with Crippen molar-refractivity contribution in [1.29, 1.82) is 0 Å². The number of para-hydroxylation sites is 4. The van der Waals surface area contributed by atoms with Gasteiger partial charge in [-0.25, -0.2) is 19.9 Å². The van der Waals surface area contributed by atoms with Crippen LogP contribution >= 0.6 is 0 Å². The smallest absolute Gasteiger partial charge is 0.164 e. The fraction of sp³-hybridized carbons (Fsp3) is 0. The second-order valence-electron chi connectivity index (χ2n) is 12.7. The van der Waals surface area contributed by atoms with Crippen molar-refractivity contribution >= 4 is 33.0 Å². The molecular weight excluding hydrogens is 639 g/mol. The lowest BCUT2D eigenvalue weighted by Gasteiger charge is -2.10. The number of hydrogen-bond acceptors (Lipinski definition) is 5. The monoisotopic (exact) mass is 667 g/mol. The minimum atomic E-state index is 0.575. The zero-order valence-electron chi connectivity index (χ0n) is 27.9. The van der Waals surface area contributed by atoms with Gasteiger partial charge in [0.05, 0.1) is 16.6 Å². The predicted octanol–water partition coefficient (Wildman–Crippen LogP) is 11.4. The standard InChI is InChI=1S/C46H29N5O/c1-4-14-30(15-5-1)31-26-28-33(29-27-31)44-48-43(32-16-6-2-7-17-32)49-45(50-44)36-21-13-25-40-41(36)35-20-12-22-37(42(35)52-40)46-47-38-23-10-11-24-39(38)51(46)34-18-8-3-9-19-34/h1-29H. The van der Waals surface area contributed by atoms with Crippen molar-refractivity contribution in [1.82, 2.24) is 24.5 Å². The van der Waals surface area contributed by atoms with Crippen LogP contribution in [0.5, 0.6) is 0 Å². The van der Waals surface area contributed by atoms with E-state index in [0.29, 0.717) is 17.5 Å². The highest BCUT2D eigenvalue weighted by Gasteiger charge is 2.22. The minimum Gasteiger partial charge on any atom is -0.455 e. The van der Waals surface area contributed by atoms with Crippen molar-refractivity contribution in [3.05, 3.63) is 176 Å². The van der Waals surface area contributed by atoms with E-state index in [1.54, 1.807) is 0 Å². The van der Waals surface area contributed by atoms with Gasteiger partial charge in [0.25, 0.3) is 0 Å². The van der Waals surface area contributed by atoms with E-state index in [2.05, 4.69) is 95.6 Å². The molecule has 0 fully saturated rings. The van der Waals surface area contributed by atoms with E-state index in [9.17, 15) is 0 Å². The molecule has 0 amide bonds. The van der Waals surface area contributed by atoms with Gasteiger partial charge in [-0.1, -0.05) is 140 Å². The number of rotatable bonds is 6. The van der Waals surface area contributed by atoms with E-state index in [1.165, 1.54) is 0 Å². The molecule has 7 aromatic carbocycles. The number of benzene rings is 7. The van der Waals surface area contributed by atoms with Gasteiger partial charge in [-0.3, -0.25) is 4.57 Å². The summed E-state index contributed by atoms with van der Waals surface area (Å²) in [6.45, 7) is 0. The first-order valence-corrected chi connectivity index (χ1v) is 17.2. The highest BCUT2D eigenvalue weighted by atomic mass is 16.3. The highest BCUT2D eigenvalue weighted by Crippen LogP contribution is 2.41. The average molecular weight is 668 g/mol. The van der Waals surface area contributed by atoms with Crippen molar-refractivity contribution < 1.29 is 4.42 Å². The van der Waals surface area contributed by atoms with Crippen molar-refractivity contribution in [3.63, 3.8) is 0 Å². The summed E-state index contributed by atoms with van der Waals surface area (Å²) in [4.78, 5) is 20.3. The molecule has 0 aliphatic carbocycles. The van der Waals surface area contributed by atoms with Crippen LogP contribution in [0, 0.1) is 0 Å². The average Bonchev–Trinajstić information content (AvgIpc) is 3.81. The lowest BCUT2D eigenvalue weighted by Crippen LogP contribution is -2.00. The van der Waals surface area contributed by atoms with Crippen molar-refractivity contribution in [2.45, 2.75) is 0 Å². The molecule has 10 aromatic rings. The Balaban J connectivity index is 1.17. The van der Waals surface area contributed by atoms with Gasteiger partial charge >= 0.3 is 0 Å². The normalized spacial score (nSPS) is 11.5. The molecule has 0 atom stereocenters. The molecular formula is C46H29N5O. The zero-order valence-corrected chi connectivity index (χ0v) is 27.9.